The van der Waals surface area contributed by atoms with Gasteiger partial charge in [0, 0.05) is 31.1 Å². The monoisotopic (exact) mass is 354 g/mol. The molecule has 3 rings (SSSR count). The van der Waals surface area contributed by atoms with Gasteiger partial charge in [-0.05, 0) is 18.1 Å². The van der Waals surface area contributed by atoms with E-state index in [1.165, 1.54) is 4.31 Å². The molecule has 2 N–H and O–H groups in total. The normalized spacial score (nSPS) is 19.0. The van der Waals surface area contributed by atoms with Gasteiger partial charge in [0.15, 0.2) is 5.96 Å². The van der Waals surface area contributed by atoms with Gasteiger partial charge in [0.25, 0.3) is 0 Å². The van der Waals surface area contributed by atoms with Gasteiger partial charge in [-0.2, -0.15) is 11.8 Å². The average molecular weight is 355 g/mol. The molecule has 0 bridgehead atoms. The zero-order valence-corrected chi connectivity index (χ0v) is 14.7. The molecule has 126 valence electrons. The van der Waals surface area contributed by atoms with Crippen LogP contribution in [-0.2, 0) is 16.4 Å². The first-order valence-electron chi connectivity index (χ1n) is 7.79. The van der Waals surface area contributed by atoms with Crippen molar-refractivity contribution in [1.82, 2.24) is 4.90 Å². The van der Waals surface area contributed by atoms with E-state index < -0.39 is 10.0 Å². The van der Waals surface area contributed by atoms with Crippen molar-refractivity contribution in [2.45, 2.75) is 6.42 Å². The van der Waals surface area contributed by atoms with E-state index in [1.54, 1.807) is 0 Å². The molecular formula is C15H22N4O2S2. The summed E-state index contributed by atoms with van der Waals surface area (Å²) < 4.78 is 26.6. The van der Waals surface area contributed by atoms with Gasteiger partial charge in [-0.15, -0.1) is 0 Å². The summed E-state index contributed by atoms with van der Waals surface area (Å²) in [5.74, 6) is 2.53. The van der Waals surface area contributed by atoms with Gasteiger partial charge >= 0.3 is 0 Å². The van der Waals surface area contributed by atoms with Crippen molar-refractivity contribution >= 4 is 33.4 Å². The number of para-hydroxylation sites is 1. The Morgan fingerprint density at radius 3 is 2.74 bits per heavy atom. The van der Waals surface area contributed by atoms with E-state index in [4.69, 9.17) is 5.73 Å². The summed E-state index contributed by atoms with van der Waals surface area (Å²) in [6, 6.07) is 7.66. The van der Waals surface area contributed by atoms with E-state index in [0.717, 1.165) is 42.3 Å². The maximum absolute atomic E-state index is 12.6. The molecule has 1 aromatic rings. The summed E-state index contributed by atoms with van der Waals surface area (Å²) in [7, 11) is -3.35. The number of guanidine groups is 1. The molecule has 8 heteroatoms. The minimum Gasteiger partial charge on any atom is -0.370 e. The number of fused-ring (bicyclic) bond motifs is 1. The predicted molar refractivity (Wildman–Crippen MR) is 96.7 cm³/mol. The second kappa shape index (κ2) is 7.00. The Hall–Kier alpha value is -1.41. The van der Waals surface area contributed by atoms with E-state index in [9.17, 15) is 8.42 Å². The van der Waals surface area contributed by atoms with Crippen molar-refractivity contribution in [2.24, 2.45) is 10.7 Å². The molecule has 0 amide bonds. The van der Waals surface area contributed by atoms with Crippen LogP contribution >= 0.6 is 11.8 Å². The molecule has 0 aliphatic carbocycles. The fourth-order valence-electron chi connectivity index (χ4n) is 2.88. The number of anilines is 1. The first-order chi connectivity index (χ1) is 11.1. The van der Waals surface area contributed by atoms with Crippen molar-refractivity contribution < 1.29 is 8.42 Å². The van der Waals surface area contributed by atoms with Gasteiger partial charge in [0.05, 0.1) is 18.0 Å². The first kappa shape index (κ1) is 16.4. The largest absolute Gasteiger partial charge is 0.370 e. The highest BCUT2D eigenvalue weighted by atomic mass is 32.2. The number of hydrogen-bond donors (Lipinski definition) is 1. The third kappa shape index (κ3) is 3.74. The fraction of sp³-hybridized carbons (Fsp3) is 0.533. The Labute approximate surface area is 141 Å². The number of hydrogen-bond acceptors (Lipinski definition) is 4. The number of nitrogens with zero attached hydrogens (tertiary/aromatic N) is 3. The van der Waals surface area contributed by atoms with Crippen LogP contribution in [0.2, 0.25) is 0 Å². The summed E-state index contributed by atoms with van der Waals surface area (Å²) in [6.07, 6.45) is 0.770. The lowest BCUT2D eigenvalue weighted by Gasteiger charge is -2.27. The minimum atomic E-state index is -3.35. The van der Waals surface area contributed by atoms with Gasteiger partial charge in [-0.1, -0.05) is 18.2 Å². The maximum Gasteiger partial charge on any atom is 0.237 e. The Balaban J connectivity index is 1.61. The topological polar surface area (TPSA) is 79.0 Å². The van der Waals surface area contributed by atoms with Gasteiger partial charge in [0.2, 0.25) is 10.0 Å². The Kier molecular flexibility index (Phi) is 5.01. The molecule has 0 radical (unpaired) electrons. The number of rotatable bonds is 4. The quantitative estimate of drug-likeness (QED) is 0.637. The Morgan fingerprint density at radius 2 is 1.96 bits per heavy atom. The standard InChI is InChI=1S/C15H22N4O2S2/c16-15(18-8-10-22-11-9-18)17-6-12-23(20,21)19-7-5-13-3-1-2-4-14(13)19/h1-4H,5-12H2,(H2,16,17). The van der Waals surface area contributed by atoms with Crippen molar-refractivity contribution in [1.29, 1.82) is 0 Å². The molecule has 0 aromatic heterocycles. The fourth-order valence-corrected chi connectivity index (χ4v) is 5.17. The molecule has 1 aromatic carbocycles. The van der Waals surface area contributed by atoms with Crippen LogP contribution in [0.25, 0.3) is 0 Å². The molecule has 0 spiro atoms. The summed E-state index contributed by atoms with van der Waals surface area (Å²) in [6.45, 7) is 2.49. The highest BCUT2D eigenvalue weighted by Gasteiger charge is 2.28. The van der Waals surface area contributed by atoms with Crippen LogP contribution in [0.15, 0.2) is 29.3 Å². The van der Waals surface area contributed by atoms with Crippen molar-refractivity contribution in [3.8, 4) is 0 Å². The average Bonchev–Trinajstić information content (AvgIpc) is 3.00. The Bertz CT molecular complexity index is 684. The second-order valence-electron chi connectivity index (χ2n) is 5.61. The van der Waals surface area contributed by atoms with Gasteiger partial charge < -0.3 is 10.6 Å². The van der Waals surface area contributed by atoms with Crippen LogP contribution in [0.5, 0.6) is 0 Å². The van der Waals surface area contributed by atoms with E-state index >= 15 is 0 Å². The molecule has 2 aliphatic heterocycles. The summed E-state index contributed by atoms with van der Waals surface area (Å²) in [5, 5.41) is 0. The third-order valence-corrected chi connectivity index (χ3v) is 6.83. The molecule has 6 nitrogen and oxygen atoms in total. The highest BCUT2D eigenvalue weighted by molar-refractivity contribution is 7.99. The lowest BCUT2D eigenvalue weighted by molar-refractivity contribution is 0.456. The summed E-state index contributed by atoms with van der Waals surface area (Å²) >= 11 is 1.90. The van der Waals surface area contributed by atoms with Crippen molar-refractivity contribution in [2.75, 3.05) is 47.7 Å². The lowest BCUT2D eigenvalue weighted by atomic mass is 10.2. The molecule has 2 heterocycles. The molecule has 0 unspecified atom stereocenters. The molecule has 23 heavy (non-hydrogen) atoms. The molecule has 2 aliphatic rings. The van der Waals surface area contributed by atoms with Crippen LogP contribution in [0, 0.1) is 0 Å². The zero-order chi connectivity index (χ0) is 16.3. The van der Waals surface area contributed by atoms with Crippen LogP contribution in [-0.4, -0.2) is 62.7 Å². The Morgan fingerprint density at radius 1 is 1.22 bits per heavy atom. The van der Waals surface area contributed by atoms with E-state index in [-0.39, 0.29) is 12.3 Å². The van der Waals surface area contributed by atoms with Gasteiger partial charge in [-0.3, -0.25) is 9.30 Å². The zero-order valence-electron chi connectivity index (χ0n) is 13.0. The number of benzene rings is 1. The molecule has 1 saturated heterocycles. The number of aliphatic imine (C=N–C) groups is 1. The lowest BCUT2D eigenvalue weighted by Crippen LogP contribution is -2.43. The maximum atomic E-state index is 12.6. The van der Waals surface area contributed by atoms with Gasteiger partial charge in [0.1, 0.15) is 0 Å². The predicted octanol–water partition coefficient (Wildman–Crippen LogP) is 0.742. The summed E-state index contributed by atoms with van der Waals surface area (Å²) in [5.41, 5.74) is 7.86. The molecular weight excluding hydrogens is 332 g/mol. The van der Waals surface area contributed by atoms with E-state index in [2.05, 4.69) is 4.99 Å². The SMILES string of the molecule is NC(=NCCS(=O)(=O)N1CCc2ccccc21)N1CCSCC1. The van der Waals surface area contributed by atoms with Crippen LogP contribution in [0.3, 0.4) is 0 Å². The van der Waals surface area contributed by atoms with Crippen LogP contribution < -0.4 is 10.0 Å². The van der Waals surface area contributed by atoms with Crippen molar-refractivity contribution in [3.05, 3.63) is 29.8 Å². The number of sulfonamides is 1. The summed E-state index contributed by atoms with van der Waals surface area (Å²) in [4.78, 5) is 6.29. The number of thioether (sulfide) groups is 1. The van der Waals surface area contributed by atoms with E-state index in [1.807, 2.05) is 40.9 Å². The smallest absolute Gasteiger partial charge is 0.237 e. The van der Waals surface area contributed by atoms with Crippen LogP contribution in [0.1, 0.15) is 5.56 Å². The third-order valence-electron chi connectivity index (χ3n) is 4.14. The molecule has 0 atom stereocenters. The van der Waals surface area contributed by atoms with Crippen LogP contribution in [0.4, 0.5) is 5.69 Å². The second-order valence-corrected chi connectivity index (χ2v) is 8.84. The highest BCUT2D eigenvalue weighted by Crippen LogP contribution is 2.29. The molecule has 0 saturated carbocycles. The van der Waals surface area contributed by atoms with E-state index in [0.29, 0.717) is 12.5 Å². The minimum absolute atomic E-state index is 0.00930. The number of nitrogens with two attached hydrogens (primary N) is 1. The first-order valence-corrected chi connectivity index (χ1v) is 10.6. The van der Waals surface area contributed by atoms with Gasteiger partial charge in [-0.25, -0.2) is 8.42 Å². The van der Waals surface area contributed by atoms with Crippen molar-refractivity contribution in [3.63, 3.8) is 0 Å². The molecule has 1 fully saturated rings.